The first-order valence-electron chi connectivity index (χ1n) is 4.83. The summed E-state index contributed by atoms with van der Waals surface area (Å²) in [5.74, 6) is 0.277. The van der Waals surface area contributed by atoms with Crippen LogP contribution in [0.1, 0.15) is 30.9 Å². The molecule has 1 aromatic rings. The lowest BCUT2D eigenvalue weighted by Gasteiger charge is -2.11. The Balaban J connectivity index is 2.47. The topological polar surface area (TPSA) is 64.1 Å². The molecule has 0 fully saturated rings. The second-order valence-electron chi connectivity index (χ2n) is 3.63. The molecule has 0 saturated carbocycles. The van der Waals surface area contributed by atoms with Crippen LogP contribution in [0.15, 0.2) is 6.20 Å². The van der Waals surface area contributed by atoms with E-state index < -0.39 is 18.7 Å². The summed E-state index contributed by atoms with van der Waals surface area (Å²) in [6, 6.07) is 0. The zero-order valence-electron chi connectivity index (χ0n) is 8.83. The van der Waals surface area contributed by atoms with Crippen molar-refractivity contribution in [3.8, 4) is 0 Å². The Labute approximate surface area is 90.9 Å². The number of nitrogen functional groups attached to an aromatic ring is 1. The van der Waals surface area contributed by atoms with E-state index in [-0.39, 0.29) is 18.7 Å². The molecule has 0 bridgehead atoms. The SMILES string of the molecule is Cn1ncc(C(O)CCCC(F)(F)F)c1N. The van der Waals surface area contributed by atoms with Crippen molar-refractivity contribution in [3.63, 3.8) is 0 Å². The van der Waals surface area contributed by atoms with Crippen molar-refractivity contribution in [2.24, 2.45) is 7.05 Å². The van der Waals surface area contributed by atoms with E-state index in [1.807, 2.05) is 0 Å². The molecule has 1 rings (SSSR count). The molecule has 0 amide bonds. The molecule has 16 heavy (non-hydrogen) atoms. The number of halogens is 3. The minimum absolute atomic E-state index is 0.0232. The summed E-state index contributed by atoms with van der Waals surface area (Å²) < 4.78 is 37.0. The normalized spacial score (nSPS) is 14.1. The number of nitrogens with zero attached hydrogens (tertiary/aromatic N) is 2. The van der Waals surface area contributed by atoms with Crippen LogP contribution in [0.3, 0.4) is 0 Å². The van der Waals surface area contributed by atoms with E-state index in [0.717, 1.165) is 0 Å². The number of alkyl halides is 3. The largest absolute Gasteiger partial charge is 0.389 e. The number of hydrogen-bond acceptors (Lipinski definition) is 3. The molecule has 1 heterocycles. The molecule has 0 aliphatic heterocycles. The number of nitrogens with two attached hydrogens (primary N) is 1. The van der Waals surface area contributed by atoms with Crippen LogP contribution in [0.25, 0.3) is 0 Å². The van der Waals surface area contributed by atoms with E-state index in [2.05, 4.69) is 5.10 Å². The standard InChI is InChI=1S/C9H14F3N3O/c1-15-8(13)6(5-14-15)7(16)3-2-4-9(10,11)12/h5,7,16H,2-4,13H2,1H3. The Morgan fingerprint density at radius 2 is 2.19 bits per heavy atom. The van der Waals surface area contributed by atoms with Gasteiger partial charge in [-0.05, 0) is 12.8 Å². The van der Waals surface area contributed by atoms with Gasteiger partial charge < -0.3 is 10.8 Å². The predicted molar refractivity (Wildman–Crippen MR) is 52.5 cm³/mol. The third-order valence-electron chi connectivity index (χ3n) is 2.31. The molecule has 1 unspecified atom stereocenters. The summed E-state index contributed by atoms with van der Waals surface area (Å²) in [5, 5.41) is 13.4. The Morgan fingerprint density at radius 3 is 2.62 bits per heavy atom. The molecule has 4 nitrogen and oxygen atoms in total. The van der Waals surface area contributed by atoms with Gasteiger partial charge in [-0.15, -0.1) is 0 Å². The number of aromatic nitrogens is 2. The molecule has 0 saturated heterocycles. The lowest BCUT2D eigenvalue weighted by Crippen LogP contribution is -2.08. The summed E-state index contributed by atoms with van der Waals surface area (Å²) >= 11 is 0. The maximum absolute atomic E-state index is 11.9. The fourth-order valence-corrected chi connectivity index (χ4v) is 1.37. The van der Waals surface area contributed by atoms with Crippen molar-refractivity contribution < 1.29 is 18.3 Å². The molecule has 7 heteroatoms. The Bertz CT molecular complexity index is 348. The summed E-state index contributed by atoms with van der Waals surface area (Å²) in [7, 11) is 1.60. The molecule has 0 aliphatic rings. The van der Waals surface area contributed by atoms with Gasteiger partial charge in [0.2, 0.25) is 0 Å². The third-order valence-corrected chi connectivity index (χ3v) is 2.31. The number of aryl methyl sites for hydroxylation is 1. The van der Waals surface area contributed by atoms with Crippen LogP contribution < -0.4 is 5.73 Å². The van der Waals surface area contributed by atoms with Crippen LogP contribution in [0.2, 0.25) is 0 Å². The molecule has 1 aromatic heterocycles. The number of aliphatic hydroxyl groups is 1. The van der Waals surface area contributed by atoms with Gasteiger partial charge in [0.15, 0.2) is 0 Å². The summed E-state index contributed by atoms with van der Waals surface area (Å²) in [5.41, 5.74) is 5.96. The average Bonchev–Trinajstić information content (AvgIpc) is 2.45. The Kier molecular flexibility index (Phi) is 3.79. The van der Waals surface area contributed by atoms with Crippen LogP contribution in [-0.4, -0.2) is 21.1 Å². The maximum Gasteiger partial charge on any atom is 0.389 e. The monoisotopic (exact) mass is 237 g/mol. The zero-order valence-corrected chi connectivity index (χ0v) is 8.83. The van der Waals surface area contributed by atoms with Crippen molar-refractivity contribution in [1.82, 2.24) is 9.78 Å². The molecule has 0 aromatic carbocycles. The van der Waals surface area contributed by atoms with E-state index in [1.54, 1.807) is 7.05 Å². The lowest BCUT2D eigenvalue weighted by molar-refractivity contribution is -0.136. The summed E-state index contributed by atoms with van der Waals surface area (Å²) in [6.45, 7) is 0. The Morgan fingerprint density at radius 1 is 1.56 bits per heavy atom. The van der Waals surface area contributed by atoms with Gasteiger partial charge >= 0.3 is 6.18 Å². The average molecular weight is 237 g/mol. The van der Waals surface area contributed by atoms with Crippen molar-refractivity contribution in [3.05, 3.63) is 11.8 Å². The second-order valence-corrected chi connectivity index (χ2v) is 3.63. The van der Waals surface area contributed by atoms with Gasteiger partial charge in [0, 0.05) is 19.0 Å². The first kappa shape index (κ1) is 12.8. The smallest absolute Gasteiger partial charge is 0.388 e. The van der Waals surface area contributed by atoms with E-state index >= 15 is 0 Å². The van der Waals surface area contributed by atoms with Crippen LogP contribution in [0, 0.1) is 0 Å². The zero-order chi connectivity index (χ0) is 12.3. The highest BCUT2D eigenvalue weighted by atomic mass is 19.4. The van der Waals surface area contributed by atoms with Gasteiger partial charge in [-0.2, -0.15) is 18.3 Å². The summed E-state index contributed by atoms with van der Waals surface area (Å²) in [4.78, 5) is 0. The van der Waals surface area contributed by atoms with Crippen LogP contribution in [-0.2, 0) is 7.05 Å². The molecular weight excluding hydrogens is 223 g/mol. The van der Waals surface area contributed by atoms with Crippen molar-refractivity contribution in [2.45, 2.75) is 31.5 Å². The highest BCUT2D eigenvalue weighted by molar-refractivity contribution is 5.39. The molecule has 3 N–H and O–H groups in total. The van der Waals surface area contributed by atoms with Crippen molar-refractivity contribution in [2.75, 3.05) is 5.73 Å². The molecule has 92 valence electrons. The van der Waals surface area contributed by atoms with Gasteiger partial charge in [-0.3, -0.25) is 4.68 Å². The number of aliphatic hydroxyl groups excluding tert-OH is 1. The molecule has 0 aliphatic carbocycles. The van der Waals surface area contributed by atoms with Gasteiger partial charge in [-0.1, -0.05) is 0 Å². The first-order valence-corrected chi connectivity index (χ1v) is 4.83. The predicted octanol–water partition coefficient (Wildman–Crippen LogP) is 1.77. The second kappa shape index (κ2) is 4.73. The van der Waals surface area contributed by atoms with Crippen molar-refractivity contribution in [1.29, 1.82) is 0 Å². The fraction of sp³-hybridized carbons (Fsp3) is 0.667. The number of hydrogen-bond donors (Lipinski definition) is 2. The number of anilines is 1. The molecule has 0 spiro atoms. The van der Waals surface area contributed by atoms with E-state index in [9.17, 15) is 18.3 Å². The van der Waals surface area contributed by atoms with Crippen LogP contribution in [0.5, 0.6) is 0 Å². The van der Waals surface area contributed by atoms with Crippen LogP contribution in [0.4, 0.5) is 19.0 Å². The molecule has 1 atom stereocenters. The molecule has 0 radical (unpaired) electrons. The lowest BCUT2D eigenvalue weighted by atomic mass is 10.1. The molecular formula is C9H14F3N3O. The summed E-state index contributed by atoms with van der Waals surface area (Å²) in [6.07, 6.45) is -4.80. The minimum Gasteiger partial charge on any atom is -0.388 e. The van der Waals surface area contributed by atoms with E-state index in [0.29, 0.717) is 5.56 Å². The third kappa shape index (κ3) is 3.41. The quantitative estimate of drug-likeness (QED) is 0.838. The van der Waals surface area contributed by atoms with Gasteiger partial charge in [0.25, 0.3) is 0 Å². The van der Waals surface area contributed by atoms with Crippen LogP contribution >= 0.6 is 0 Å². The van der Waals surface area contributed by atoms with Gasteiger partial charge in [0.05, 0.1) is 12.3 Å². The van der Waals surface area contributed by atoms with E-state index in [1.165, 1.54) is 10.9 Å². The highest BCUT2D eigenvalue weighted by Gasteiger charge is 2.27. The van der Waals surface area contributed by atoms with Gasteiger partial charge in [-0.25, -0.2) is 0 Å². The van der Waals surface area contributed by atoms with Gasteiger partial charge in [0.1, 0.15) is 5.82 Å². The first-order chi connectivity index (χ1) is 7.31. The van der Waals surface area contributed by atoms with E-state index in [4.69, 9.17) is 5.73 Å². The highest BCUT2D eigenvalue weighted by Crippen LogP contribution is 2.28. The fourth-order valence-electron chi connectivity index (χ4n) is 1.37. The maximum atomic E-state index is 11.9. The van der Waals surface area contributed by atoms with Crippen molar-refractivity contribution >= 4 is 5.82 Å². The Hall–Kier alpha value is -1.24. The number of rotatable bonds is 4. The minimum atomic E-state index is -4.18.